The molecule has 0 spiro atoms. The van der Waals surface area contributed by atoms with Crippen LogP contribution in [0.25, 0.3) is 22.2 Å². The van der Waals surface area contributed by atoms with Gasteiger partial charge in [0.15, 0.2) is 0 Å². The molecular weight excluding hydrogens is 360 g/mol. The normalized spacial score (nSPS) is 12.9. The van der Waals surface area contributed by atoms with E-state index >= 15 is 0 Å². The molecule has 4 heteroatoms. The van der Waals surface area contributed by atoms with E-state index in [-0.39, 0.29) is 11.9 Å². The summed E-state index contributed by atoms with van der Waals surface area (Å²) in [4.78, 5) is 16.1. The van der Waals surface area contributed by atoms with Gasteiger partial charge in [-0.2, -0.15) is 0 Å². The van der Waals surface area contributed by atoms with Gasteiger partial charge in [-0.05, 0) is 88.0 Å². The van der Waals surface area contributed by atoms with E-state index in [0.29, 0.717) is 13.2 Å². The van der Waals surface area contributed by atoms with Gasteiger partial charge in [0, 0.05) is 10.9 Å². The Morgan fingerprint density at radius 1 is 1.14 bits per heavy atom. The molecule has 154 valence electrons. The second kappa shape index (κ2) is 8.03. The average Bonchev–Trinajstić information content (AvgIpc) is 3.05. The number of nitrogens with two attached hydrogens (primary N) is 1. The van der Waals surface area contributed by atoms with Gasteiger partial charge in [-0.15, -0.1) is 0 Å². The number of benzene rings is 2. The topological polar surface area (TPSA) is 68.1 Å². The van der Waals surface area contributed by atoms with Crippen LogP contribution in [0, 0.1) is 13.8 Å². The standard InChI is InChI=1S/C25H32N2O2/c1-7-29-24(28)25(5,6)19-8-9-21-20(13-19)22(17(4)14-26)23(27-21)18-11-15(2)10-16(3)12-18/h8-13,17,27H,7,14,26H2,1-6H3/t17-/m1/s1. The fraction of sp³-hybridized carbons (Fsp3) is 0.400. The van der Waals surface area contributed by atoms with Crippen LogP contribution in [0.2, 0.25) is 0 Å². The molecule has 4 nitrogen and oxygen atoms in total. The number of H-pyrrole nitrogens is 1. The third-order valence-corrected chi connectivity index (χ3v) is 5.70. The van der Waals surface area contributed by atoms with Crippen molar-refractivity contribution in [1.82, 2.24) is 4.98 Å². The summed E-state index contributed by atoms with van der Waals surface area (Å²) in [7, 11) is 0. The highest BCUT2D eigenvalue weighted by Crippen LogP contribution is 2.38. The first-order valence-electron chi connectivity index (χ1n) is 10.3. The first-order valence-corrected chi connectivity index (χ1v) is 10.3. The Balaban J connectivity index is 2.24. The highest BCUT2D eigenvalue weighted by Gasteiger charge is 2.32. The number of aryl methyl sites for hydroxylation is 2. The smallest absolute Gasteiger partial charge is 0.315 e. The van der Waals surface area contributed by atoms with Crippen molar-refractivity contribution in [1.29, 1.82) is 0 Å². The lowest BCUT2D eigenvalue weighted by atomic mass is 9.83. The van der Waals surface area contributed by atoms with Crippen LogP contribution in [-0.2, 0) is 14.9 Å². The lowest BCUT2D eigenvalue weighted by Gasteiger charge is -2.23. The molecule has 0 unspecified atom stereocenters. The van der Waals surface area contributed by atoms with E-state index in [4.69, 9.17) is 10.5 Å². The second-order valence-electron chi connectivity index (χ2n) is 8.53. The highest BCUT2D eigenvalue weighted by atomic mass is 16.5. The van der Waals surface area contributed by atoms with E-state index in [1.165, 1.54) is 22.3 Å². The van der Waals surface area contributed by atoms with Gasteiger partial charge in [-0.25, -0.2) is 0 Å². The van der Waals surface area contributed by atoms with Crippen LogP contribution in [0.15, 0.2) is 36.4 Å². The number of fused-ring (bicyclic) bond motifs is 1. The van der Waals surface area contributed by atoms with E-state index in [0.717, 1.165) is 22.2 Å². The van der Waals surface area contributed by atoms with Crippen molar-refractivity contribution in [3.63, 3.8) is 0 Å². The van der Waals surface area contributed by atoms with Crippen molar-refractivity contribution >= 4 is 16.9 Å². The summed E-state index contributed by atoms with van der Waals surface area (Å²) in [5.41, 5.74) is 13.3. The van der Waals surface area contributed by atoms with Gasteiger partial charge in [0.05, 0.1) is 17.7 Å². The minimum absolute atomic E-state index is 0.181. The highest BCUT2D eigenvalue weighted by molar-refractivity contribution is 5.93. The van der Waals surface area contributed by atoms with Crippen LogP contribution in [0.5, 0.6) is 0 Å². The number of aromatic nitrogens is 1. The van der Waals surface area contributed by atoms with E-state index in [2.05, 4.69) is 56.1 Å². The quantitative estimate of drug-likeness (QED) is 0.555. The van der Waals surface area contributed by atoms with Crippen LogP contribution < -0.4 is 5.73 Å². The number of carbonyl (C=O) groups excluding carboxylic acids is 1. The minimum Gasteiger partial charge on any atom is -0.465 e. The van der Waals surface area contributed by atoms with Crippen molar-refractivity contribution in [3.05, 3.63) is 58.7 Å². The molecule has 0 radical (unpaired) electrons. The molecule has 0 aliphatic rings. The Morgan fingerprint density at radius 2 is 1.79 bits per heavy atom. The van der Waals surface area contributed by atoms with E-state index in [9.17, 15) is 4.79 Å². The molecule has 2 aromatic carbocycles. The molecule has 1 heterocycles. The maximum atomic E-state index is 12.5. The molecular formula is C25H32N2O2. The number of rotatable bonds is 6. The van der Waals surface area contributed by atoms with Crippen molar-refractivity contribution < 1.29 is 9.53 Å². The van der Waals surface area contributed by atoms with Gasteiger partial charge >= 0.3 is 5.97 Å². The van der Waals surface area contributed by atoms with Gasteiger partial charge in [0.1, 0.15) is 0 Å². The van der Waals surface area contributed by atoms with Crippen molar-refractivity contribution in [2.75, 3.05) is 13.2 Å². The molecule has 29 heavy (non-hydrogen) atoms. The largest absolute Gasteiger partial charge is 0.465 e. The predicted molar refractivity (Wildman–Crippen MR) is 120 cm³/mol. The summed E-state index contributed by atoms with van der Waals surface area (Å²) in [6.07, 6.45) is 0. The fourth-order valence-corrected chi connectivity index (χ4v) is 4.01. The van der Waals surface area contributed by atoms with E-state index in [1.54, 1.807) is 0 Å². The lowest BCUT2D eigenvalue weighted by molar-refractivity contribution is -0.148. The molecule has 0 fully saturated rings. The number of hydrogen-bond acceptors (Lipinski definition) is 3. The summed E-state index contributed by atoms with van der Waals surface area (Å²) in [6.45, 7) is 13.0. The Morgan fingerprint density at radius 3 is 2.38 bits per heavy atom. The van der Waals surface area contributed by atoms with Crippen LogP contribution in [0.3, 0.4) is 0 Å². The number of hydrogen-bond donors (Lipinski definition) is 2. The number of esters is 1. The molecule has 0 saturated carbocycles. The van der Waals surface area contributed by atoms with Crippen molar-refractivity contribution in [3.8, 4) is 11.3 Å². The molecule has 0 saturated heterocycles. The number of carbonyl (C=O) groups is 1. The average molecular weight is 393 g/mol. The van der Waals surface area contributed by atoms with Crippen molar-refractivity contribution in [2.45, 2.75) is 52.9 Å². The monoisotopic (exact) mass is 392 g/mol. The van der Waals surface area contributed by atoms with Crippen LogP contribution in [-0.4, -0.2) is 24.1 Å². The predicted octanol–water partition coefficient (Wildman–Crippen LogP) is 5.35. The first-order chi connectivity index (χ1) is 13.7. The molecule has 3 N–H and O–H groups in total. The SMILES string of the molecule is CCOC(=O)C(C)(C)c1ccc2[nH]c(-c3cc(C)cc(C)c3)c([C@H](C)CN)c2c1. The minimum atomic E-state index is -0.717. The zero-order valence-electron chi connectivity index (χ0n) is 18.3. The summed E-state index contributed by atoms with van der Waals surface area (Å²) in [6, 6.07) is 12.8. The van der Waals surface area contributed by atoms with Crippen LogP contribution in [0.4, 0.5) is 0 Å². The van der Waals surface area contributed by atoms with Gasteiger partial charge in [-0.3, -0.25) is 4.79 Å². The Kier molecular flexibility index (Phi) is 5.85. The Hall–Kier alpha value is -2.59. The second-order valence-corrected chi connectivity index (χ2v) is 8.53. The van der Waals surface area contributed by atoms with Crippen molar-refractivity contribution in [2.24, 2.45) is 5.73 Å². The summed E-state index contributed by atoms with van der Waals surface area (Å²) >= 11 is 0. The van der Waals surface area contributed by atoms with Gasteiger partial charge in [0.25, 0.3) is 0 Å². The number of nitrogens with one attached hydrogen (secondary N) is 1. The maximum absolute atomic E-state index is 12.5. The van der Waals surface area contributed by atoms with Gasteiger partial charge in [-0.1, -0.05) is 30.2 Å². The Labute approximate surface area is 173 Å². The molecule has 0 aliphatic carbocycles. The third-order valence-electron chi connectivity index (χ3n) is 5.70. The molecule has 0 amide bonds. The van der Waals surface area contributed by atoms with E-state index < -0.39 is 5.41 Å². The number of ether oxygens (including phenoxy) is 1. The zero-order valence-corrected chi connectivity index (χ0v) is 18.3. The molecule has 0 aliphatic heterocycles. The lowest BCUT2D eigenvalue weighted by Crippen LogP contribution is -2.31. The molecule has 1 aromatic heterocycles. The van der Waals surface area contributed by atoms with Gasteiger partial charge < -0.3 is 15.5 Å². The summed E-state index contributed by atoms with van der Waals surface area (Å²) in [5.74, 6) is -0.0293. The molecule has 1 atom stereocenters. The number of aromatic amines is 1. The molecule has 3 aromatic rings. The maximum Gasteiger partial charge on any atom is 0.315 e. The van der Waals surface area contributed by atoms with Crippen LogP contribution >= 0.6 is 0 Å². The summed E-state index contributed by atoms with van der Waals surface area (Å²) in [5, 5.41) is 1.12. The Bertz CT molecular complexity index is 1030. The fourth-order valence-electron chi connectivity index (χ4n) is 4.01. The molecule has 0 bridgehead atoms. The van der Waals surface area contributed by atoms with E-state index in [1.807, 2.05) is 26.8 Å². The zero-order chi connectivity index (χ0) is 21.3. The third kappa shape index (κ3) is 3.95. The van der Waals surface area contributed by atoms with Crippen LogP contribution in [0.1, 0.15) is 55.9 Å². The summed E-state index contributed by atoms with van der Waals surface area (Å²) < 4.78 is 5.31. The molecule has 3 rings (SSSR count). The first kappa shape index (κ1) is 21.1. The van der Waals surface area contributed by atoms with Gasteiger partial charge in [0.2, 0.25) is 0 Å².